The minimum absolute atomic E-state index is 0.186. The van der Waals surface area contributed by atoms with Crippen molar-refractivity contribution in [2.24, 2.45) is 0 Å². The van der Waals surface area contributed by atoms with Crippen molar-refractivity contribution in [3.05, 3.63) is 64.4 Å². The van der Waals surface area contributed by atoms with Crippen LogP contribution in [0.4, 0.5) is 8.78 Å². The lowest BCUT2D eigenvalue weighted by atomic mass is 10.1. The van der Waals surface area contributed by atoms with Gasteiger partial charge in [-0.05, 0) is 49.0 Å². The Labute approximate surface area is 119 Å². The molecule has 0 spiro atoms. The average molecular weight is 290 g/mol. The zero-order valence-corrected chi connectivity index (χ0v) is 11.5. The van der Waals surface area contributed by atoms with Gasteiger partial charge < -0.3 is 9.55 Å². The molecule has 1 atom stereocenters. The van der Waals surface area contributed by atoms with E-state index in [4.69, 9.17) is 12.2 Å². The van der Waals surface area contributed by atoms with Crippen LogP contribution in [0.2, 0.25) is 0 Å². The molecular formula is C15H12F2N2S. The van der Waals surface area contributed by atoms with Gasteiger partial charge in [0.05, 0.1) is 11.6 Å². The number of aromatic nitrogens is 2. The fourth-order valence-corrected chi connectivity index (χ4v) is 2.77. The van der Waals surface area contributed by atoms with E-state index < -0.39 is 0 Å². The number of hydrogen-bond donors (Lipinski definition) is 1. The summed E-state index contributed by atoms with van der Waals surface area (Å²) in [6.07, 6.45) is 0. The van der Waals surface area contributed by atoms with Crippen LogP contribution in [0.1, 0.15) is 18.5 Å². The van der Waals surface area contributed by atoms with Crippen LogP contribution in [0.5, 0.6) is 0 Å². The first-order chi connectivity index (χ1) is 9.58. The van der Waals surface area contributed by atoms with Crippen molar-refractivity contribution >= 4 is 23.3 Å². The number of imidazole rings is 1. The van der Waals surface area contributed by atoms with Gasteiger partial charge in [0, 0.05) is 0 Å². The molecule has 2 aromatic carbocycles. The van der Waals surface area contributed by atoms with Crippen LogP contribution in [0.15, 0.2) is 42.5 Å². The Balaban J connectivity index is 2.22. The van der Waals surface area contributed by atoms with Gasteiger partial charge in [-0.25, -0.2) is 8.78 Å². The van der Waals surface area contributed by atoms with Gasteiger partial charge in [-0.2, -0.15) is 0 Å². The second-order valence-corrected chi connectivity index (χ2v) is 5.05. The quantitative estimate of drug-likeness (QED) is 0.685. The molecule has 1 aromatic heterocycles. The molecule has 102 valence electrons. The molecule has 0 aliphatic carbocycles. The molecule has 0 aliphatic rings. The molecule has 1 N–H and O–H groups in total. The smallest absolute Gasteiger partial charge is 0.178 e. The summed E-state index contributed by atoms with van der Waals surface area (Å²) in [5.41, 5.74) is 1.83. The molecule has 0 saturated carbocycles. The fourth-order valence-electron chi connectivity index (χ4n) is 2.41. The molecular weight excluding hydrogens is 278 g/mol. The Kier molecular flexibility index (Phi) is 3.14. The molecule has 0 fully saturated rings. The predicted molar refractivity (Wildman–Crippen MR) is 77.3 cm³/mol. The lowest BCUT2D eigenvalue weighted by Crippen LogP contribution is -2.07. The van der Waals surface area contributed by atoms with Crippen molar-refractivity contribution in [3.8, 4) is 0 Å². The molecule has 2 nitrogen and oxygen atoms in total. The van der Waals surface area contributed by atoms with E-state index in [1.54, 1.807) is 22.8 Å². The number of H-pyrrole nitrogens is 1. The topological polar surface area (TPSA) is 20.7 Å². The van der Waals surface area contributed by atoms with E-state index in [9.17, 15) is 8.78 Å². The van der Waals surface area contributed by atoms with Gasteiger partial charge in [-0.15, -0.1) is 0 Å². The van der Waals surface area contributed by atoms with Gasteiger partial charge in [0.2, 0.25) is 0 Å². The maximum Gasteiger partial charge on any atom is 0.178 e. The third-order valence-corrected chi connectivity index (χ3v) is 3.72. The Bertz CT molecular complexity index is 835. The molecule has 0 radical (unpaired) electrons. The van der Waals surface area contributed by atoms with Gasteiger partial charge in [0.1, 0.15) is 17.2 Å². The number of para-hydroxylation sites is 1. The van der Waals surface area contributed by atoms with Crippen LogP contribution < -0.4 is 0 Å². The van der Waals surface area contributed by atoms with Crippen LogP contribution in [0, 0.1) is 16.4 Å². The van der Waals surface area contributed by atoms with E-state index in [1.807, 2.05) is 13.0 Å². The van der Waals surface area contributed by atoms with E-state index in [2.05, 4.69) is 4.98 Å². The zero-order valence-electron chi connectivity index (χ0n) is 10.7. The normalized spacial score (nSPS) is 12.8. The number of rotatable bonds is 2. The monoisotopic (exact) mass is 290 g/mol. The standard InChI is InChI=1S/C15H12F2N2S/c1-9(10-4-2-5-11(16)8-10)19-13-7-3-6-12(17)14(13)18-15(19)20/h2-9H,1H3,(H,18,20). The first-order valence-electron chi connectivity index (χ1n) is 6.22. The number of halogens is 2. The molecule has 3 aromatic rings. The summed E-state index contributed by atoms with van der Waals surface area (Å²) in [7, 11) is 0. The lowest BCUT2D eigenvalue weighted by molar-refractivity contribution is 0.607. The predicted octanol–water partition coefficient (Wildman–Crippen LogP) is 4.59. The second kappa shape index (κ2) is 4.83. The Morgan fingerprint density at radius 3 is 2.65 bits per heavy atom. The fraction of sp³-hybridized carbons (Fsp3) is 0.133. The van der Waals surface area contributed by atoms with E-state index >= 15 is 0 Å². The maximum atomic E-state index is 13.8. The SMILES string of the molecule is CC(c1cccc(F)c1)n1c(=S)[nH]c2c(F)cccc21. The molecule has 0 saturated heterocycles. The summed E-state index contributed by atoms with van der Waals surface area (Å²) in [4.78, 5) is 2.87. The van der Waals surface area contributed by atoms with Crippen LogP contribution >= 0.6 is 12.2 Å². The van der Waals surface area contributed by atoms with E-state index in [0.29, 0.717) is 15.8 Å². The molecule has 1 heterocycles. The average Bonchev–Trinajstić information content (AvgIpc) is 2.76. The maximum absolute atomic E-state index is 13.8. The first kappa shape index (κ1) is 13.0. The van der Waals surface area contributed by atoms with Crippen LogP contribution in [-0.4, -0.2) is 9.55 Å². The molecule has 0 bridgehead atoms. The van der Waals surface area contributed by atoms with Crippen molar-refractivity contribution in [1.29, 1.82) is 0 Å². The van der Waals surface area contributed by atoms with Crippen molar-refractivity contribution in [1.82, 2.24) is 9.55 Å². The second-order valence-electron chi connectivity index (χ2n) is 4.67. The Morgan fingerprint density at radius 1 is 1.15 bits per heavy atom. The number of aromatic amines is 1. The van der Waals surface area contributed by atoms with E-state index in [1.165, 1.54) is 18.2 Å². The highest BCUT2D eigenvalue weighted by atomic mass is 32.1. The molecule has 1 unspecified atom stereocenters. The minimum atomic E-state index is -0.348. The minimum Gasteiger partial charge on any atom is -0.328 e. The molecule has 20 heavy (non-hydrogen) atoms. The van der Waals surface area contributed by atoms with Crippen molar-refractivity contribution < 1.29 is 8.78 Å². The highest BCUT2D eigenvalue weighted by molar-refractivity contribution is 7.71. The van der Waals surface area contributed by atoms with Crippen LogP contribution in [-0.2, 0) is 0 Å². The van der Waals surface area contributed by atoms with Gasteiger partial charge in [0.15, 0.2) is 4.77 Å². The molecule has 0 aliphatic heterocycles. The molecule has 3 rings (SSSR count). The number of benzene rings is 2. The summed E-state index contributed by atoms with van der Waals surface area (Å²) in [6, 6.07) is 11.0. The van der Waals surface area contributed by atoms with Gasteiger partial charge in [-0.3, -0.25) is 0 Å². The van der Waals surface area contributed by atoms with Gasteiger partial charge >= 0.3 is 0 Å². The Morgan fingerprint density at radius 2 is 1.90 bits per heavy atom. The highest BCUT2D eigenvalue weighted by Gasteiger charge is 2.15. The lowest BCUT2D eigenvalue weighted by Gasteiger charge is -2.15. The summed E-state index contributed by atoms with van der Waals surface area (Å²) >= 11 is 5.27. The summed E-state index contributed by atoms with van der Waals surface area (Å²) in [5.74, 6) is -0.648. The number of nitrogens with one attached hydrogen (secondary N) is 1. The number of hydrogen-bond acceptors (Lipinski definition) is 1. The summed E-state index contributed by atoms with van der Waals surface area (Å²) in [5, 5.41) is 0. The number of nitrogens with zero attached hydrogens (tertiary/aromatic N) is 1. The summed E-state index contributed by atoms with van der Waals surface area (Å²) in [6.45, 7) is 1.91. The Hall–Kier alpha value is -2.01. The van der Waals surface area contributed by atoms with E-state index in [-0.39, 0.29) is 17.7 Å². The van der Waals surface area contributed by atoms with Gasteiger partial charge in [0.25, 0.3) is 0 Å². The van der Waals surface area contributed by atoms with Crippen LogP contribution in [0.25, 0.3) is 11.0 Å². The third kappa shape index (κ3) is 2.04. The molecule has 5 heteroatoms. The zero-order chi connectivity index (χ0) is 14.3. The van der Waals surface area contributed by atoms with Gasteiger partial charge in [-0.1, -0.05) is 18.2 Å². The van der Waals surface area contributed by atoms with Crippen molar-refractivity contribution in [2.75, 3.05) is 0 Å². The summed E-state index contributed by atoms with van der Waals surface area (Å²) < 4.78 is 29.3. The number of fused-ring (bicyclic) bond motifs is 1. The largest absolute Gasteiger partial charge is 0.328 e. The van der Waals surface area contributed by atoms with Crippen molar-refractivity contribution in [2.45, 2.75) is 13.0 Å². The highest BCUT2D eigenvalue weighted by Crippen LogP contribution is 2.25. The molecule has 0 amide bonds. The third-order valence-electron chi connectivity index (χ3n) is 3.42. The first-order valence-corrected chi connectivity index (χ1v) is 6.63. The van der Waals surface area contributed by atoms with E-state index in [0.717, 1.165) is 5.56 Å². The van der Waals surface area contributed by atoms with Crippen LogP contribution in [0.3, 0.4) is 0 Å². The van der Waals surface area contributed by atoms with Crippen molar-refractivity contribution in [3.63, 3.8) is 0 Å².